The fourth-order valence-electron chi connectivity index (χ4n) is 4.85. The second-order valence-electron chi connectivity index (χ2n) is 9.19. The van der Waals surface area contributed by atoms with Gasteiger partial charge in [0.25, 0.3) is 0 Å². The summed E-state index contributed by atoms with van der Waals surface area (Å²) in [6.45, 7) is 2.06. The van der Waals surface area contributed by atoms with E-state index < -0.39 is 0 Å². The first-order chi connectivity index (χ1) is 18.6. The summed E-state index contributed by atoms with van der Waals surface area (Å²) in [6.07, 6.45) is 3.86. The van der Waals surface area contributed by atoms with Crippen LogP contribution in [0, 0.1) is 6.92 Å². The quantitative estimate of drug-likeness (QED) is 0.224. The van der Waals surface area contributed by atoms with Gasteiger partial charge in [-0.15, -0.1) is 0 Å². The Balaban J connectivity index is 1.39. The van der Waals surface area contributed by atoms with E-state index in [-0.39, 0.29) is 12.1 Å². The van der Waals surface area contributed by atoms with Crippen molar-refractivity contribution in [3.8, 4) is 17.2 Å². The number of nitrogens with zero attached hydrogens (tertiary/aromatic N) is 3. The minimum absolute atomic E-state index is 0.153. The van der Waals surface area contributed by atoms with Gasteiger partial charge in [0.05, 0.1) is 11.7 Å². The average Bonchev–Trinajstić information content (AvgIpc) is 3.55. The third-order valence-corrected chi connectivity index (χ3v) is 7.19. The standard InChI is InChI=1S/C31H25ClN4OS/c1-21-10-14-25(15-11-21)37-26-16-12-23(13-17-26)36-30(29(34-31(36)38)27-8-2-3-18-33-27)28-9-5-19-35(28)24-7-4-6-22(32)20-24/h2-20,29-30H,1H3,(H,34,38)/t29-,30+/m0/s1. The summed E-state index contributed by atoms with van der Waals surface area (Å²) in [6, 6.07) is 33.7. The molecule has 2 aromatic heterocycles. The molecule has 3 aromatic carbocycles. The molecule has 188 valence electrons. The summed E-state index contributed by atoms with van der Waals surface area (Å²) in [7, 11) is 0. The topological polar surface area (TPSA) is 42.3 Å². The van der Waals surface area contributed by atoms with Gasteiger partial charge in [-0.25, -0.2) is 0 Å². The van der Waals surface area contributed by atoms with Crippen molar-refractivity contribution in [1.29, 1.82) is 0 Å². The van der Waals surface area contributed by atoms with E-state index in [0.717, 1.165) is 34.3 Å². The first-order valence-electron chi connectivity index (χ1n) is 12.4. The molecule has 1 aliphatic heterocycles. The first kappa shape index (κ1) is 24.2. The highest BCUT2D eigenvalue weighted by atomic mass is 35.5. The van der Waals surface area contributed by atoms with Gasteiger partial charge in [-0.3, -0.25) is 4.98 Å². The van der Waals surface area contributed by atoms with Crippen molar-refractivity contribution in [1.82, 2.24) is 14.9 Å². The smallest absolute Gasteiger partial charge is 0.174 e. The Bertz CT molecular complexity index is 1570. The van der Waals surface area contributed by atoms with E-state index in [4.69, 9.17) is 28.6 Å². The molecule has 0 radical (unpaired) electrons. The number of benzene rings is 3. The lowest BCUT2D eigenvalue weighted by Gasteiger charge is -2.29. The highest BCUT2D eigenvalue weighted by Gasteiger charge is 2.42. The minimum atomic E-state index is -0.157. The van der Waals surface area contributed by atoms with Gasteiger partial charge in [-0.05, 0) is 98.0 Å². The number of aromatic nitrogens is 2. The monoisotopic (exact) mass is 536 g/mol. The van der Waals surface area contributed by atoms with Gasteiger partial charge >= 0.3 is 0 Å². The number of hydrogen-bond donors (Lipinski definition) is 1. The molecule has 5 nitrogen and oxygen atoms in total. The Kier molecular flexibility index (Phi) is 6.58. The Morgan fingerprint density at radius 3 is 2.32 bits per heavy atom. The van der Waals surface area contributed by atoms with E-state index in [1.807, 2.05) is 103 Å². The summed E-state index contributed by atoms with van der Waals surface area (Å²) < 4.78 is 8.22. The molecular weight excluding hydrogens is 512 g/mol. The highest BCUT2D eigenvalue weighted by molar-refractivity contribution is 7.80. The van der Waals surface area contributed by atoms with Gasteiger partial charge in [0, 0.05) is 34.5 Å². The van der Waals surface area contributed by atoms with Crippen LogP contribution in [0.1, 0.15) is 29.0 Å². The van der Waals surface area contributed by atoms with Gasteiger partial charge in [-0.1, -0.05) is 41.4 Å². The molecule has 0 bridgehead atoms. The summed E-state index contributed by atoms with van der Waals surface area (Å²) in [5, 5.41) is 4.85. The molecule has 6 rings (SSSR count). The number of halogens is 1. The van der Waals surface area contributed by atoms with Crippen LogP contribution >= 0.6 is 23.8 Å². The van der Waals surface area contributed by atoms with Gasteiger partial charge in [0.2, 0.25) is 0 Å². The molecular formula is C31H25ClN4OS. The molecule has 38 heavy (non-hydrogen) atoms. The maximum Gasteiger partial charge on any atom is 0.174 e. The minimum Gasteiger partial charge on any atom is -0.457 e. The normalized spacial score (nSPS) is 16.9. The van der Waals surface area contributed by atoms with Gasteiger partial charge in [-0.2, -0.15) is 0 Å². The van der Waals surface area contributed by atoms with Crippen LogP contribution in [-0.2, 0) is 0 Å². The molecule has 0 unspecified atom stereocenters. The fourth-order valence-corrected chi connectivity index (χ4v) is 5.38. The van der Waals surface area contributed by atoms with Crippen LogP contribution in [0.25, 0.3) is 5.69 Å². The predicted octanol–water partition coefficient (Wildman–Crippen LogP) is 7.80. The van der Waals surface area contributed by atoms with E-state index in [0.29, 0.717) is 10.1 Å². The van der Waals surface area contributed by atoms with Crippen LogP contribution in [-0.4, -0.2) is 14.7 Å². The second kappa shape index (κ2) is 10.3. The lowest BCUT2D eigenvalue weighted by molar-refractivity contribution is 0.482. The van der Waals surface area contributed by atoms with Gasteiger partial charge in [0.15, 0.2) is 5.11 Å². The summed E-state index contributed by atoms with van der Waals surface area (Å²) in [5.74, 6) is 1.56. The summed E-state index contributed by atoms with van der Waals surface area (Å²) >= 11 is 12.3. The van der Waals surface area contributed by atoms with E-state index in [2.05, 4.69) is 39.0 Å². The van der Waals surface area contributed by atoms with Crippen LogP contribution in [0.15, 0.2) is 116 Å². The lowest BCUT2D eigenvalue weighted by atomic mass is 10.0. The Morgan fingerprint density at radius 2 is 1.61 bits per heavy atom. The Hall–Kier alpha value is -4.13. The van der Waals surface area contributed by atoms with Crippen LogP contribution in [0.3, 0.4) is 0 Å². The average molecular weight is 537 g/mol. The number of nitrogens with one attached hydrogen (secondary N) is 1. The summed E-state index contributed by atoms with van der Waals surface area (Å²) in [4.78, 5) is 6.82. The number of ether oxygens (including phenoxy) is 1. The van der Waals surface area contributed by atoms with Crippen molar-refractivity contribution in [2.45, 2.75) is 19.0 Å². The number of hydrogen-bond acceptors (Lipinski definition) is 3. The number of pyridine rings is 1. The van der Waals surface area contributed by atoms with Gasteiger partial charge < -0.3 is 19.5 Å². The van der Waals surface area contributed by atoms with E-state index in [1.54, 1.807) is 0 Å². The van der Waals surface area contributed by atoms with Crippen molar-refractivity contribution in [3.63, 3.8) is 0 Å². The third kappa shape index (κ3) is 4.76. The molecule has 1 fully saturated rings. The van der Waals surface area contributed by atoms with Crippen LogP contribution in [0.5, 0.6) is 11.5 Å². The van der Waals surface area contributed by atoms with E-state index >= 15 is 0 Å². The molecule has 1 N–H and O–H groups in total. The zero-order valence-corrected chi connectivity index (χ0v) is 22.2. The first-order valence-corrected chi connectivity index (χ1v) is 13.1. The molecule has 0 spiro atoms. The number of thiocarbonyl (C=S) groups is 1. The number of anilines is 1. The predicted molar refractivity (Wildman–Crippen MR) is 156 cm³/mol. The maximum atomic E-state index is 6.35. The van der Waals surface area contributed by atoms with Crippen LogP contribution in [0.2, 0.25) is 5.02 Å². The van der Waals surface area contributed by atoms with Crippen LogP contribution < -0.4 is 15.0 Å². The number of aryl methyl sites for hydroxylation is 1. The van der Waals surface area contributed by atoms with Crippen molar-refractivity contribution in [2.24, 2.45) is 0 Å². The van der Waals surface area contributed by atoms with Crippen molar-refractivity contribution in [2.75, 3.05) is 4.90 Å². The second-order valence-corrected chi connectivity index (χ2v) is 10.0. The lowest BCUT2D eigenvalue weighted by Crippen LogP contribution is -2.30. The van der Waals surface area contributed by atoms with Gasteiger partial charge in [0.1, 0.15) is 17.5 Å². The number of rotatable bonds is 6. The fraction of sp³-hybridized carbons (Fsp3) is 0.0968. The Labute approximate surface area is 232 Å². The molecule has 2 atom stereocenters. The molecule has 7 heteroatoms. The van der Waals surface area contributed by atoms with Crippen molar-refractivity contribution >= 4 is 34.6 Å². The largest absolute Gasteiger partial charge is 0.457 e. The van der Waals surface area contributed by atoms with Crippen LogP contribution in [0.4, 0.5) is 5.69 Å². The molecule has 0 amide bonds. The molecule has 0 saturated carbocycles. The Morgan fingerprint density at radius 1 is 0.842 bits per heavy atom. The zero-order chi connectivity index (χ0) is 26.1. The molecule has 5 aromatic rings. The SMILES string of the molecule is Cc1ccc(Oc2ccc(N3C(=S)N[C@@H](c4ccccn4)[C@H]3c3cccn3-c3cccc(Cl)c3)cc2)cc1. The zero-order valence-electron chi connectivity index (χ0n) is 20.7. The van der Waals surface area contributed by atoms with E-state index in [1.165, 1.54) is 5.56 Å². The third-order valence-electron chi connectivity index (χ3n) is 6.64. The molecule has 1 saturated heterocycles. The maximum absolute atomic E-state index is 6.35. The molecule has 3 heterocycles. The van der Waals surface area contributed by atoms with Crippen molar-refractivity contribution < 1.29 is 4.74 Å². The van der Waals surface area contributed by atoms with Crippen molar-refractivity contribution in [3.05, 3.63) is 137 Å². The highest BCUT2D eigenvalue weighted by Crippen LogP contribution is 2.42. The molecule has 0 aliphatic carbocycles. The summed E-state index contributed by atoms with van der Waals surface area (Å²) in [5.41, 5.74) is 5.12. The molecule has 1 aliphatic rings. The van der Waals surface area contributed by atoms with E-state index in [9.17, 15) is 0 Å².